The highest BCUT2D eigenvalue weighted by molar-refractivity contribution is 6.22. The Morgan fingerprint density at radius 1 is 1.12 bits per heavy atom. The van der Waals surface area contributed by atoms with Crippen LogP contribution in [0.4, 0.5) is 15.8 Å². The number of aliphatic hydroxyl groups is 1. The molecular weight excluding hydrogens is 529 g/mol. The molecule has 10 nitrogen and oxygen atoms in total. The van der Waals surface area contributed by atoms with Gasteiger partial charge in [-0.1, -0.05) is 12.1 Å². The Labute approximate surface area is 235 Å². The molecule has 0 bridgehead atoms. The lowest BCUT2D eigenvalue weighted by molar-refractivity contribution is 0.0516. The summed E-state index contributed by atoms with van der Waals surface area (Å²) in [7, 11) is 2.03. The van der Waals surface area contributed by atoms with E-state index in [-0.39, 0.29) is 42.3 Å². The number of pyridine rings is 1. The van der Waals surface area contributed by atoms with Crippen LogP contribution in [0.5, 0.6) is 5.75 Å². The number of nitrogens with one attached hydrogen (secondary N) is 2. The third kappa shape index (κ3) is 5.14. The van der Waals surface area contributed by atoms with Gasteiger partial charge in [0.15, 0.2) is 11.6 Å². The number of anilines is 1. The highest BCUT2D eigenvalue weighted by Crippen LogP contribution is 2.37. The molecule has 2 amide bonds. The van der Waals surface area contributed by atoms with Crippen LogP contribution < -0.4 is 15.6 Å². The van der Waals surface area contributed by atoms with Gasteiger partial charge in [0.1, 0.15) is 12.7 Å². The van der Waals surface area contributed by atoms with Crippen molar-refractivity contribution in [3.63, 3.8) is 0 Å². The number of ether oxygens (including phenoxy) is 1. The number of hydrogen-bond donors (Lipinski definition) is 3. The number of aromatic nitrogens is 1. The van der Waals surface area contributed by atoms with Gasteiger partial charge in [0.2, 0.25) is 0 Å². The van der Waals surface area contributed by atoms with Crippen molar-refractivity contribution in [3.8, 4) is 5.75 Å². The molecule has 1 aromatic heterocycles. The van der Waals surface area contributed by atoms with E-state index in [2.05, 4.69) is 20.2 Å². The number of rotatable bonds is 8. The zero-order valence-electron chi connectivity index (χ0n) is 22.5. The van der Waals surface area contributed by atoms with Gasteiger partial charge in [-0.15, -0.1) is 0 Å². The average Bonchev–Trinajstić information content (AvgIpc) is 3.48. The lowest BCUT2D eigenvalue weighted by Gasteiger charge is -2.33. The molecule has 3 aliphatic rings. The molecule has 0 aliphatic carbocycles. The standard InChI is InChI=1S/C30H30FN5O5/c1-35-10-7-18(8-11-35)36-29(39)20-12-17-13-25(34-24(17)14-21(20)30(36)40)27-23(6-9-32-28(27)38)33-15-19(37)16-41-26-5-3-2-4-22(26)31/h2-6,9,12,14,18-19,37H,7-8,10-11,13,15-16H2,1H3,(H2,32,33,38). The smallest absolute Gasteiger partial charge is 0.261 e. The number of aliphatic hydroxyl groups excluding tert-OH is 1. The maximum Gasteiger partial charge on any atom is 0.261 e. The highest BCUT2D eigenvalue weighted by Gasteiger charge is 2.42. The minimum atomic E-state index is -0.989. The van der Waals surface area contributed by atoms with Crippen molar-refractivity contribution in [2.75, 3.05) is 38.6 Å². The summed E-state index contributed by atoms with van der Waals surface area (Å²) in [6, 6.07) is 10.9. The van der Waals surface area contributed by atoms with E-state index >= 15 is 0 Å². The number of para-hydroxylation sites is 1. The summed E-state index contributed by atoms with van der Waals surface area (Å²) in [6.45, 7) is 1.55. The van der Waals surface area contributed by atoms with E-state index in [1.165, 1.54) is 23.2 Å². The first-order valence-electron chi connectivity index (χ1n) is 13.6. The Kier molecular flexibility index (Phi) is 7.14. The van der Waals surface area contributed by atoms with Gasteiger partial charge in [-0.3, -0.25) is 24.3 Å². The largest absolute Gasteiger partial charge is 0.488 e. The van der Waals surface area contributed by atoms with E-state index in [0.717, 1.165) is 31.5 Å². The quantitative estimate of drug-likeness (QED) is 0.362. The molecule has 1 saturated heterocycles. The van der Waals surface area contributed by atoms with Crippen LogP contribution in [0.15, 0.2) is 58.4 Å². The second kappa shape index (κ2) is 10.9. The summed E-state index contributed by atoms with van der Waals surface area (Å²) in [5, 5.41) is 13.5. The number of aromatic amines is 1. The minimum absolute atomic E-state index is 0.0369. The van der Waals surface area contributed by atoms with Crippen molar-refractivity contribution >= 4 is 28.9 Å². The molecule has 3 aliphatic heterocycles. The number of imide groups is 1. The molecule has 3 aromatic rings. The first-order valence-corrected chi connectivity index (χ1v) is 13.6. The van der Waals surface area contributed by atoms with Crippen molar-refractivity contribution in [1.29, 1.82) is 0 Å². The second-order valence-corrected chi connectivity index (χ2v) is 10.6. The Balaban J connectivity index is 1.18. The van der Waals surface area contributed by atoms with Crippen LogP contribution in [0.25, 0.3) is 0 Å². The number of carbonyl (C=O) groups is 2. The van der Waals surface area contributed by atoms with E-state index < -0.39 is 11.9 Å². The summed E-state index contributed by atoms with van der Waals surface area (Å²) >= 11 is 0. The third-order valence-corrected chi connectivity index (χ3v) is 7.83. The molecule has 4 heterocycles. The van der Waals surface area contributed by atoms with E-state index in [1.807, 2.05) is 7.05 Å². The number of benzene rings is 2. The summed E-state index contributed by atoms with van der Waals surface area (Å²) in [4.78, 5) is 50.4. The van der Waals surface area contributed by atoms with Crippen molar-refractivity contribution in [1.82, 2.24) is 14.8 Å². The van der Waals surface area contributed by atoms with Crippen LogP contribution in [0, 0.1) is 5.82 Å². The number of likely N-dealkylation sites (tertiary alicyclic amines) is 1. The number of nitrogens with zero attached hydrogens (tertiary/aromatic N) is 3. The molecule has 3 N–H and O–H groups in total. The number of amides is 2. The molecule has 1 atom stereocenters. The van der Waals surface area contributed by atoms with E-state index in [9.17, 15) is 23.9 Å². The minimum Gasteiger partial charge on any atom is -0.488 e. The van der Waals surface area contributed by atoms with E-state index in [0.29, 0.717) is 40.2 Å². The van der Waals surface area contributed by atoms with Crippen LogP contribution in [0.3, 0.4) is 0 Å². The van der Waals surface area contributed by atoms with Crippen molar-refractivity contribution in [2.24, 2.45) is 4.99 Å². The van der Waals surface area contributed by atoms with Crippen molar-refractivity contribution in [3.05, 3.63) is 87.1 Å². The van der Waals surface area contributed by atoms with Gasteiger partial charge in [-0.25, -0.2) is 4.39 Å². The van der Waals surface area contributed by atoms with Gasteiger partial charge in [-0.05, 0) is 68.9 Å². The first kappa shape index (κ1) is 26.9. The third-order valence-electron chi connectivity index (χ3n) is 7.83. The molecule has 212 valence electrons. The van der Waals surface area contributed by atoms with E-state index in [1.54, 1.807) is 30.3 Å². The number of hydrogen-bond acceptors (Lipinski definition) is 8. The van der Waals surface area contributed by atoms with Crippen LogP contribution in [-0.4, -0.2) is 82.9 Å². The monoisotopic (exact) mass is 559 g/mol. The van der Waals surface area contributed by atoms with Crippen LogP contribution in [-0.2, 0) is 6.42 Å². The molecule has 1 unspecified atom stereocenters. The van der Waals surface area contributed by atoms with Crippen LogP contribution >= 0.6 is 0 Å². The fourth-order valence-corrected chi connectivity index (χ4v) is 5.63. The summed E-state index contributed by atoms with van der Waals surface area (Å²) in [5.74, 6) is -1.05. The van der Waals surface area contributed by atoms with Crippen LogP contribution in [0.2, 0.25) is 0 Å². The molecule has 41 heavy (non-hydrogen) atoms. The fraction of sp³-hybridized carbons (Fsp3) is 0.333. The molecule has 11 heteroatoms. The number of fused-ring (bicyclic) bond motifs is 2. The predicted octanol–water partition coefficient (Wildman–Crippen LogP) is 2.73. The molecule has 0 radical (unpaired) electrons. The zero-order chi connectivity index (χ0) is 28.7. The Morgan fingerprint density at radius 2 is 1.85 bits per heavy atom. The number of aliphatic imine (C=N–C) groups is 1. The SMILES string of the molecule is CN1CCC(N2C(=O)c3cc4c(cc3C2=O)N=C(c2c(NCC(O)COc3ccccc3F)cc[nH]c2=O)C4)CC1. The van der Waals surface area contributed by atoms with Crippen LogP contribution in [0.1, 0.15) is 44.7 Å². The Hall–Kier alpha value is -4.35. The molecule has 0 saturated carbocycles. The second-order valence-electron chi connectivity index (χ2n) is 10.6. The number of carbonyl (C=O) groups excluding carboxylic acids is 2. The van der Waals surface area contributed by atoms with Gasteiger partial charge < -0.3 is 25.0 Å². The van der Waals surface area contributed by atoms with Gasteiger partial charge >= 0.3 is 0 Å². The van der Waals surface area contributed by atoms with Crippen molar-refractivity contribution in [2.45, 2.75) is 31.4 Å². The van der Waals surface area contributed by atoms with Gasteiger partial charge in [0.05, 0.1) is 33.8 Å². The fourth-order valence-electron chi connectivity index (χ4n) is 5.63. The summed E-state index contributed by atoms with van der Waals surface area (Å²) in [6.07, 6.45) is 2.31. The lowest BCUT2D eigenvalue weighted by Crippen LogP contribution is -2.46. The maximum atomic E-state index is 13.8. The number of halogens is 1. The maximum absolute atomic E-state index is 13.8. The normalized spacial score (nSPS) is 17.8. The number of piperidine rings is 1. The Morgan fingerprint density at radius 3 is 2.61 bits per heavy atom. The summed E-state index contributed by atoms with van der Waals surface area (Å²) in [5.41, 5.74) is 2.91. The molecular formula is C30H30FN5O5. The topological polar surface area (TPSA) is 127 Å². The molecule has 1 fully saturated rings. The Bertz CT molecular complexity index is 1610. The highest BCUT2D eigenvalue weighted by atomic mass is 19.1. The summed E-state index contributed by atoms with van der Waals surface area (Å²) < 4.78 is 19.2. The lowest BCUT2D eigenvalue weighted by atomic mass is 10.00. The predicted molar refractivity (Wildman–Crippen MR) is 151 cm³/mol. The van der Waals surface area contributed by atoms with Gasteiger partial charge in [0.25, 0.3) is 17.4 Å². The van der Waals surface area contributed by atoms with E-state index in [4.69, 9.17) is 4.74 Å². The van der Waals surface area contributed by atoms with Crippen molar-refractivity contribution < 1.29 is 23.8 Å². The van der Waals surface area contributed by atoms with Gasteiger partial charge in [0, 0.05) is 25.2 Å². The molecule has 0 spiro atoms. The average molecular weight is 560 g/mol. The van der Waals surface area contributed by atoms with Gasteiger partial charge in [-0.2, -0.15) is 0 Å². The molecule has 2 aromatic carbocycles. The first-order chi connectivity index (χ1) is 19.8. The number of H-pyrrole nitrogens is 1. The zero-order valence-corrected chi connectivity index (χ0v) is 22.5. The molecule has 6 rings (SSSR count).